The molecule has 17 heavy (non-hydrogen) atoms. The van der Waals surface area contributed by atoms with Gasteiger partial charge in [-0.25, -0.2) is 15.6 Å². The van der Waals surface area contributed by atoms with E-state index >= 15 is 0 Å². The summed E-state index contributed by atoms with van der Waals surface area (Å²) in [5, 5.41) is 0.389. The molecule has 4 N–H and O–H groups in total. The minimum Gasteiger partial charge on any atom is -0.419 e. The lowest BCUT2D eigenvalue weighted by Crippen LogP contribution is -2.08. The van der Waals surface area contributed by atoms with Gasteiger partial charge in [-0.2, -0.15) is 0 Å². The van der Waals surface area contributed by atoms with E-state index in [0.29, 0.717) is 0 Å². The largest absolute Gasteiger partial charge is 0.419 e. The molecule has 94 valence electrons. The first-order valence-electron chi connectivity index (χ1n) is 4.09. The van der Waals surface area contributed by atoms with Gasteiger partial charge in [-0.3, -0.25) is 0 Å². The van der Waals surface area contributed by atoms with E-state index in [1.54, 1.807) is 12.1 Å². The Hall–Kier alpha value is 0.0700. The van der Waals surface area contributed by atoms with Crippen LogP contribution in [0, 0.1) is 0 Å². The van der Waals surface area contributed by atoms with Gasteiger partial charge in [-0.05, 0) is 12.1 Å². The molecule has 0 heterocycles. The maximum atomic E-state index is 11.2. The number of halogens is 4. The van der Waals surface area contributed by atoms with Gasteiger partial charge in [0.1, 0.15) is 4.49 Å². The van der Waals surface area contributed by atoms with Crippen LogP contribution in [0.25, 0.3) is 5.76 Å². The Labute approximate surface area is 118 Å². The molecule has 0 radical (unpaired) electrons. The van der Waals surface area contributed by atoms with Gasteiger partial charge >= 0.3 is 7.67 Å². The Morgan fingerprint density at radius 3 is 2.29 bits per heavy atom. The molecule has 0 amide bonds. The van der Waals surface area contributed by atoms with Crippen molar-refractivity contribution >= 4 is 59.8 Å². The van der Waals surface area contributed by atoms with Crippen molar-refractivity contribution in [3.05, 3.63) is 38.3 Å². The second-order valence-corrected chi connectivity index (χ2v) is 6.14. The molecule has 0 aromatic heterocycles. The average molecular weight is 336 g/mol. The Balaban J connectivity index is 3.31. The number of nitrogens with two attached hydrogens (primary N) is 2. The van der Waals surface area contributed by atoms with E-state index in [1.165, 1.54) is 6.07 Å². The van der Waals surface area contributed by atoms with Gasteiger partial charge in [0.2, 0.25) is 0 Å². The van der Waals surface area contributed by atoms with Crippen LogP contribution in [0.3, 0.4) is 0 Å². The lowest BCUT2D eigenvalue weighted by Gasteiger charge is -2.14. The first-order chi connectivity index (χ1) is 7.72. The molecule has 0 spiro atoms. The summed E-state index contributed by atoms with van der Waals surface area (Å²) < 4.78 is 15.7. The molecule has 0 aliphatic rings. The molecule has 0 saturated heterocycles. The minimum absolute atomic E-state index is 0.136. The predicted molar refractivity (Wildman–Crippen MR) is 72.2 cm³/mol. The highest BCUT2D eigenvalue weighted by molar-refractivity contribution is 7.54. The van der Waals surface area contributed by atoms with Crippen LogP contribution in [0.2, 0.25) is 10.0 Å². The standard InChI is InChI=1S/C8H7Cl4N2O2P/c9-5-3-1-2-4(6(5)10)7(8(11)12)16-17(13,14)15/h1-3H,(H4,13,14,15). The Morgan fingerprint density at radius 1 is 1.24 bits per heavy atom. The van der Waals surface area contributed by atoms with Crippen molar-refractivity contribution in [2.24, 2.45) is 11.0 Å². The average Bonchev–Trinajstić information content (AvgIpc) is 2.17. The molecule has 0 unspecified atom stereocenters. The zero-order chi connectivity index (χ0) is 13.2. The minimum atomic E-state index is -3.80. The van der Waals surface area contributed by atoms with E-state index in [2.05, 4.69) is 0 Å². The molecule has 1 aromatic carbocycles. The van der Waals surface area contributed by atoms with Gasteiger partial charge in [0.25, 0.3) is 0 Å². The summed E-state index contributed by atoms with van der Waals surface area (Å²) in [5.74, 6) is -0.186. The van der Waals surface area contributed by atoms with Crippen LogP contribution >= 0.6 is 54.1 Å². The van der Waals surface area contributed by atoms with E-state index in [9.17, 15) is 4.57 Å². The second kappa shape index (κ2) is 5.81. The molecule has 0 fully saturated rings. The summed E-state index contributed by atoms with van der Waals surface area (Å²) in [5.41, 5.74) is 10.4. The van der Waals surface area contributed by atoms with E-state index in [0.717, 1.165) is 0 Å². The summed E-state index contributed by atoms with van der Waals surface area (Å²) in [4.78, 5) is 0. The third-order valence-electron chi connectivity index (χ3n) is 1.60. The molecule has 1 rings (SSSR count). The summed E-state index contributed by atoms with van der Waals surface area (Å²) in [6.45, 7) is 0. The van der Waals surface area contributed by atoms with Crippen molar-refractivity contribution in [1.29, 1.82) is 0 Å². The molecular weight excluding hydrogens is 329 g/mol. The lowest BCUT2D eigenvalue weighted by molar-refractivity contribution is 0.462. The zero-order valence-electron chi connectivity index (χ0n) is 8.16. The van der Waals surface area contributed by atoms with Crippen molar-refractivity contribution in [1.82, 2.24) is 0 Å². The van der Waals surface area contributed by atoms with Crippen LogP contribution in [0.4, 0.5) is 0 Å². The quantitative estimate of drug-likeness (QED) is 0.642. The fourth-order valence-electron chi connectivity index (χ4n) is 1.01. The second-order valence-electron chi connectivity index (χ2n) is 2.93. The molecule has 0 saturated carbocycles. The van der Waals surface area contributed by atoms with Crippen molar-refractivity contribution < 1.29 is 9.09 Å². The van der Waals surface area contributed by atoms with E-state index < -0.39 is 7.67 Å². The smallest absolute Gasteiger partial charge is 0.385 e. The van der Waals surface area contributed by atoms with Crippen LogP contribution < -0.4 is 11.0 Å². The van der Waals surface area contributed by atoms with Gasteiger partial charge < -0.3 is 4.52 Å². The summed E-state index contributed by atoms with van der Waals surface area (Å²) in [7, 11) is -3.80. The van der Waals surface area contributed by atoms with Gasteiger partial charge in [0.15, 0.2) is 5.76 Å². The maximum Gasteiger partial charge on any atom is 0.385 e. The third kappa shape index (κ3) is 4.34. The molecule has 0 atom stereocenters. The van der Waals surface area contributed by atoms with E-state index in [4.69, 9.17) is 61.9 Å². The highest BCUT2D eigenvalue weighted by Gasteiger charge is 2.20. The van der Waals surface area contributed by atoms with Gasteiger partial charge in [-0.15, -0.1) is 0 Å². The normalized spacial score (nSPS) is 11.2. The number of hydrogen-bond donors (Lipinski definition) is 2. The Bertz CT molecular complexity index is 510. The molecule has 9 heteroatoms. The SMILES string of the molecule is NP(N)(=O)OC(=C(Cl)Cl)c1cccc(Cl)c1Cl. The van der Waals surface area contributed by atoms with Crippen molar-refractivity contribution in [2.75, 3.05) is 0 Å². The van der Waals surface area contributed by atoms with Crippen LogP contribution in [-0.4, -0.2) is 0 Å². The summed E-state index contributed by atoms with van der Waals surface area (Å²) in [6.07, 6.45) is 0. The van der Waals surface area contributed by atoms with E-state index in [-0.39, 0.29) is 25.9 Å². The number of rotatable bonds is 3. The summed E-state index contributed by atoms with van der Waals surface area (Å²) in [6, 6.07) is 4.66. The molecule has 0 aliphatic heterocycles. The van der Waals surface area contributed by atoms with Crippen LogP contribution in [0.1, 0.15) is 5.56 Å². The first-order valence-corrected chi connectivity index (χ1v) is 7.36. The van der Waals surface area contributed by atoms with Gasteiger partial charge in [0.05, 0.1) is 10.0 Å². The number of benzene rings is 1. The fourth-order valence-corrected chi connectivity index (χ4v) is 2.26. The zero-order valence-corrected chi connectivity index (χ0v) is 12.1. The number of hydrogen-bond acceptors (Lipinski definition) is 2. The Kier molecular flexibility index (Phi) is 5.17. The predicted octanol–water partition coefficient (Wildman–Crippen LogP) is 4.14. The molecule has 0 bridgehead atoms. The van der Waals surface area contributed by atoms with Crippen molar-refractivity contribution in [3.8, 4) is 0 Å². The van der Waals surface area contributed by atoms with Gasteiger partial charge in [-0.1, -0.05) is 52.5 Å². The van der Waals surface area contributed by atoms with Crippen molar-refractivity contribution in [3.63, 3.8) is 0 Å². The van der Waals surface area contributed by atoms with Crippen molar-refractivity contribution in [2.45, 2.75) is 0 Å². The molecule has 4 nitrogen and oxygen atoms in total. The lowest BCUT2D eigenvalue weighted by atomic mass is 10.2. The van der Waals surface area contributed by atoms with Crippen LogP contribution in [0.15, 0.2) is 22.7 Å². The topological polar surface area (TPSA) is 78.3 Å². The van der Waals surface area contributed by atoms with Crippen LogP contribution in [-0.2, 0) is 9.09 Å². The maximum absolute atomic E-state index is 11.2. The molecule has 1 aromatic rings. The highest BCUT2D eigenvalue weighted by atomic mass is 35.5. The fraction of sp³-hybridized carbons (Fsp3) is 0. The Morgan fingerprint density at radius 2 is 1.82 bits per heavy atom. The monoisotopic (exact) mass is 334 g/mol. The highest BCUT2D eigenvalue weighted by Crippen LogP contribution is 2.42. The summed E-state index contributed by atoms with van der Waals surface area (Å²) >= 11 is 22.9. The van der Waals surface area contributed by atoms with Crippen LogP contribution in [0.5, 0.6) is 0 Å². The molecule has 0 aliphatic carbocycles. The van der Waals surface area contributed by atoms with Gasteiger partial charge in [0, 0.05) is 5.56 Å². The molecular formula is C8H7Cl4N2O2P. The third-order valence-corrected chi connectivity index (χ3v) is 3.23. The first kappa shape index (κ1) is 15.1. The van der Waals surface area contributed by atoms with E-state index in [1.807, 2.05) is 0 Å².